The van der Waals surface area contributed by atoms with Crippen molar-refractivity contribution in [3.05, 3.63) is 48.0 Å². The Morgan fingerprint density at radius 2 is 1.61 bits per heavy atom. The molecule has 0 heterocycles. The van der Waals surface area contributed by atoms with Gasteiger partial charge in [0.1, 0.15) is 5.75 Å². The number of amides is 2. The van der Waals surface area contributed by atoms with Gasteiger partial charge in [-0.3, -0.25) is 9.59 Å². The number of ether oxygens (including phenoxy) is 3. The molecule has 150 valence electrons. The summed E-state index contributed by atoms with van der Waals surface area (Å²) in [6.07, 6.45) is 0.185. The average Bonchev–Trinajstić information content (AvgIpc) is 2.71. The van der Waals surface area contributed by atoms with E-state index in [9.17, 15) is 9.59 Å². The molecule has 0 atom stereocenters. The zero-order valence-corrected chi connectivity index (χ0v) is 16.7. The summed E-state index contributed by atoms with van der Waals surface area (Å²) in [7, 11) is 4.69. The van der Waals surface area contributed by atoms with Crippen LogP contribution >= 0.6 is 0 Å². The van der Waals surface area contributed by atoms with E-state index in [1.165, 1.54) is 14.0 Å². The average molecular weight is 386 g/mol. The predicted molar refractivity (Wildman–Crippen MR) is 107 cm³/mol. The fraction of sp³-hybridized carbons (Fsp3) is 0.333. The molecule has 0 saturated carbocycles. The van der Waals surface area contributed by atoms with Crippen molar-refractivity contribution in [3.63, 3.8) is 0 Å². The van der Waals surface area contributed by atoms with Crippen molar-refractivity contribution >= 4 is 17.5 Å². The van der Waals surface area contributed by atoms with E-state index in [1.54, 1.807) is 37.3 Å². The minimum atomic E-state index is -0.187. The SMILES string of the molecule is COc1ccc(CN(CCC(=O)Nc2ccc(OC)c(OC)c2)C(C)=O)cc1. The van der Waals surface area contributed by atoms with E-state index < -0.39 is 0 Å². The highest BCUT2D eigenvalue weighted by atomic mass is 16.5. The van der Waals surface area contributed by atoms with Crippen LogP contribution in [0.1, 0.15) is 18.9 Å². The lowest BCUT2D eigenvalue weighted by Gasteiger charge is -2.21. The lowest BCUT2D eigenvalue weighted by Crippen LogP contribution is -2.31. The summed E-state index contributed by atoms with van der Waals surface area (Å²) in [6, 6.07) is 12.6. The standard InChI is InChI=1S/C21H26N2O5/c1-15(24)23(14-16-5-8-18(26-2)9-6-16)12-11-21(25)22-17-7-10-19(27-3)20(13-17)28-4/h5-10,13H,11-12,14H2,1-4H3,(H,22,25). The first-order valence-corrected chi connectivity index (χ1v) is 8.87. The Hall–Kier alpha value is -3.22. The van der Waals surface area contributed by atoms with Gasteiger partial charge in [-0.1, -0.05) is 12.1 Å². The zero-order chi connectivity index (χ0) is 20.5. The Bertz CT molecular complexity index is 805. The smallest absolute Gasteiger partial charge is 0.226 e. The van der Waals surface area contributed by atoms with Crippen LogP contribution in [0.25, 0.3) is 0 Å². The molecular formula is C21H26N2O5. The molecule has 0 aliphatic rings. The van der Waals surface area contributed by atoms with Crippen LogP contribution in [0.4, 0.5) is 5.69 Å². The molecule has 0 spiro atoms. The summed E-state index contributed by atoms with van der Waals surface area (Å²) in [4.78, 5) is 25.9. The maximum Gasteiger partial charge on any atom is 0.226 e. The molecule has 7 nitrogen and oxygen atoms in total. The van der Waals surface area contributed by atoms with Crippen molar-refractivity contribution in [2.24, 2.45) is 0 Å². The van der Waals surface area contributed by atoms with Crippen LogP contribution in [0, 0.1) is 0 Å². The van der Waals surface area contributed by atoms with E-state index in [0.29, 0.717) is 30.3 Å². The van der Waals surface area contributed by atoms with Gasteiger partial charge in [0.15, 0.2) is 11.5 Å². The largest absolute Gasteiger partial charge is 0.497 e. The maximum atomic E-state index is 12.3. The molecule has 7 heteroatoms. The summed E-state index contributed by atoms with van der Waals surface area (Å²) in [5.41, 5.74) is 1.57. The number of carbonyl (C=O) groups excluding carboxylic acids is 2. The second-order valence-corrected chi connectivity index (χ2v) is 6.16. The highest BCUT2D eigenvalue weighted by Crippen LogP contribution is 2.29. The fourth-order valence-electron chi connectivity index (χ4n) is 2.67. The van der Waals surface area contributed by atoms with E-state index in [4.69, 9.17) is 14.2 Å². The van der Waals surface area contributed by atoms with Gasteiger partial charge in [-0.05, 0) is 29.8 Å². The van der Waals surface area contributed by atoms with Crippen LogP contribution in [-0.4, -0.2) is 44.6 Å². The molecular weight excluding hydrogens is 360 g/mol. The normalized spacial score (nSPS) is 10.1. The first kappa shape index (κ1) is 21.1. The zero-order valence-electron chi connectivity index (χ0n) is 16.7. The van der Waals surface area contributed by atoms with Crippen LogP contribution in [0.5, 0.6) is 17.2 Å². The van der Waals surface area contributed by atoms with Gasteiger partial charge < -0.3 is 24.4 Å². The molecule has 0 saturated heterocycles. The predicted octanol–water partition coefficient (Wildman–Crippen LogP) is 3.09. The molecule has 0 fully saturated rings. The van der Waals surface area contributed by atoms with Crippen LogP contribution < -0.4 is 19.5 Å². The molecule has 2 aromatic rings. The van der Waals surface area contributed by atoms with E-state index in [0.717, 1.165) is 11.3 Å². The number of anilines is 1. The number of rotatable bonds is 9. The van der Waals surface area contributed by atoms with Crippen molar-refractivity contribution in [2.75, 3.05) is 33.2 Å². The van der Waals surface area contributed by atoms with Crippen molar-refractivity contribution in [1.82, 2.24) is 4.90 Å². The Morgan fingerprint density at radius 3 is 2.18 bits per heavy atom. The fourth-order valence-corrected chi connectivity index (χ4v) is 2.67. The second kappa shape index (κ2) is 10.2. The van der Waals surface area contributed by atoms with E-state index in [1.807, 2.05) is 24.3 Å². The molecule has 28 heavy (non-hydrogen) atoms. The molecule has 0 aliphatic carbocycles. The first-order valence-electron chi connectivity index (χ1n) is 8.87. The topological polar surface area (TPSA) is 77.1 Å². The van der Waals surface area contributed by atoms with E-state index in [-0.39, 0.29) is 18.2 Å². The lowest BCUT2D eigenvalue weighted by molar-refractivity contribution is -0.129. The van der Waals surface area contributed by atoms with Crippen molar-refractivity contribution < 1.29 is 23.8 Å². The molecule has 2 aromatic carbocycles. The molecule has 2 amide bonds. The number of nitrogens with one attached hydrogen (secondary N) is 1. The molecule has 0 radical (unpaired) electrons. The van der Waals surface area contributed by atoms with Crippen molar-refractivity contribution in [2.45, 2.75) is 19.9 Å². The quantitative estimate of drug-likeness (QED) is 0.717. The highest BCUT2D eigenvalue weighted by molar-refractivity contribution is 5.91. The minimum Gasteiger partial charge on any atom is -0.497 e. The van der Waals surface area contributed by atoms with Gasteiger partial charge in [0.05, 0.1) is 21.3 Å². The molecule has 0 unspecified atom stereocenters. The van der Waals surface area contributed by atoms with E-state index >= 15 is 0 Å². The molecule has 2 rings (SSSR count). The van der Waals surface area contributed by atoms with Gasteiger partial charge in [0.25, 0.3) is 0 Å². The Labute approximate surface area is 165 Å². The van der Waals surface area contributed by atoms with Gasteiger partial charge in [0, 0.05) is 38.2 Å². The van der Waals surface area contributed by atoms with Crippen LogP contribution in [0.3, 0.4) is 0 Å². The van der Waals surface area contributed by atoms with Gasteiger partial charge in [-0.2, -0.15) is 0 Å². The third kappa shape index (κ3) is 5.90. The van der Waals surface area contributed by atoms with Gasteiger partial charge >= 0.3 is 0 Å². The molecule has 0 bridgehead atoms. The number of methoxy groups -OCH3 is 3. The Balaban J connectivity index is 1.93. The molecule has 0 aliphatic heterocycles. The Kier molecular flexibility index (Phi) is 7.68. The van der Waals surface area contributed by atoms with Crippen molar-refractivity contribution in [1.29, 1.82) is 0 Å². The Morgan fingerprint density at radius 1 is 0.929 bits per heavy atom. The summed E-state index contributed by atoms with van der Waals surface area (Å²) in [5.74, 6) is 1.60. The lowest BCUT2D eigenvalue weighted by atomic mass is 10.2. The van der Waals surface area contributed by atoms with Gasteiger partial charge in [-0.25, -0.2) is 0 Å². The van der Waals surface area contributed by atoms with Crippen LogP contribution in [0.15, 0.2) is 42.5 Å². The first-order chi connectivity index (χ1) is 13.5. The summed E-state index contributed by atoms with van der Waals surface area (Å²) in [5, 5.41) is 2.81. The highest BCUT2D eigenvalue weighted by Gasteiger charge is 2.13. The second-order valence-electron chi connectivity index (χ2n) is 6.16. The number of benzene rings is 2. The summed E-state index contributed by atoms with van der Waals surface area (Å²) >= 11 is 0. The third-order valence-corrected chi connectivity index (χ3v) is 4.25. The minimum absolute atomic E-state index is 0.0882. The molecule has 0 aromatic heterocycles. The van der Waals surface area contributed by atoms with Gasteiger partial charge in [-0.15, -0.1) is 0 Å². The number of hydrogen-bond acceptors (Lipinski definition) is 5. The summed E-state index contributed by atoms with van der Waals surface area (Å²) < 4.78 is 15.6. The monoisotopic (exact) mass is 386 g/mol. The number of nitrogens with zero attached hydrogens (tertiary/aromatic N) is 1. The third-order valence-electron chi connectivity index (χ3n) is 4.25. The number of carbonyl (C=O) groups is 2. The maximum absolute atomic E-state index is 12.3. The van der Waals surface area contributed by atoms with Crippen molar-refractivity contribution in [3.8, 4) is 17.2 Å². The molecule has 1 N–H and O–H groups in total. The summed E-state index contributed by atoms with van der Waals surface area (Å²) in [6.45, 7) is 2.25. The van der Waals surface area contributed by atoms with Crippen LogP contribution in [-0.2, 0) is 16.1 Å². The van der Waals surface area contributed by atoms with Crippen LogP contribution in [0.2, 0.25) is 0 Å². The van der Waals surface area contributed by atoms with E-state index in [2.05, 4.69) is 5.32 Å². The number of hydrogen-bond donors (Lipinski definition) is 1. The van der Waals surface area contributed by atoms with Gasteiger partial charge in [0.2, 0.25) is 11.8 Å².